The number of alkyl halides is 3. The third kappa shape index (κ3) is 2.04. The van der Waals surface area contributed by atoms with Gasteiger partial charge in [-0.15, -0.1) is 0 Å². The number of rotatable bonds is 1. The Hall–Kier alpha value is -1.10. The molecular weight excluding hydrogens is 224 g/mol. The molecule has 6 heteroatoms. The maximum Gasteiger partial charge on any atom is 0.417 e. The van der Waals surface area contributed by atoms with Crippen molar-refractivity contribution in [2.45, 2.75) is 6.18 Å². The van der Waals surface area contributed by atoms with E-state index in [-0.39, 0.29) is 12.4 Å². The average molecular weight is 227 g/mol. The molecule has 0 aliphatic carbocycles. The van der Waals surface area contributed by atoms with E-state index in [1.165, 1.54) is 0 Å². The lowest BCUT2D eigenvalue weighted by Gasteiger charge is -2.09. The Morgan fingerprint density at radius 1 is 1.29 bits per heavy atom. The highest BCUT2D eigenvalue weighted by atomic mass is 35.5. The van der Waals surface area contributed by atoms with Gasteiger partial charge in [-0.2, -0.15) is 13.2 Å². The zero-order valence-corrected chi connectivity index (χ0v) is 7.29. The lowest BCUT2D eigenvalue weighted by atomic mass is 10.1. The molecule has 0 saturated heterocycles. The number of aldehydes is 1. The fourth-order valence-corrected chi connectivity index (χ4v) is 1.08. The SMILES string of the molecule is O=Cc1cc(Cl)c(F)cc1C(F)(F)F. The average Bonchev–Trinajstić information content (AvgIpc) is 2.07. The van der Waals surface area contributed by atoms with Crippen LogP contribution >= 0.6 is 11.6 Å². The van der Waals surface area contributed by atoms with E-state index in [4.69, 9.17) is 11.6 Å². The molecule has 0 aromatic heterocycles. The van der Waals surface area contributed by atoms with Gasteiger partial charge in [0.25, 0.3) is 0 Å². The second-order valence-electron chi connectivity index (χ2n) is 2.47. The van der Waals surface area contributed by atoms with Crippen molar-refractivity contribution in [1.29, 1.82) is 0 Å². The molecule has 1 aromatic carbocycles. The van der Waals surface area contributed by atoms with Crippen molar-refractivity contribution >= 4 is 17.9 Å². The first-order valence-electron chi connectivity index (χ1n) is 3.37. The van der Waals surface area contributed by atoms with E-state index in [9.17, 15) is 22.4 Å². The van der Waals surface area contributed by atoms with Gasteiger partial charge in [0, 0.05) is 5.56 Å². The van der Waals surface area contributed by atoms with Crippen molar-refractivity contribution in [3.8, 4) is 0 Å². The van der Waals surface area contributed by atoms with Crippen molar-refractivity contribution in [3.63, 3.8) is 0 Å². The molecule has 0 unspecified atom stereocenters. The topological polar surface area (TPSA) is 17.1 Å². The number of hydrogen-bond acceptors (Lipinski definition) is 1. The Morgan fingerprint density at radius 2 is 1.86 bits per heavy atom. The van der Waals surface area contributed by atoms with Crippen molar-refractivity contribution in [2.24, 2.45) is 0 Å². The summed E-state index contributed by atoms with van der Waals surface area (Å²) in [5.74, 6) is -1.20. The van der Waals surface area contributed by atoms with Crippen LogP contribution in [0.3, 0.4) is 0 Å². The van der Waals surface area contributed by atoms with Gasteiger partial charge in [0.15, 0.2) is 6.29 Å². The first kappa shape index (κ1) is 11.0. The van der Waals surface area contributed by atoms with Crippen LogP contribution in [0.25, 0.3) is 0 Å². The fraction of sp³-hybridized carbons (Fsp3) is 0.125. The molecule has 1 rings (SSSR count). The molecule has 0 bridgehead atoms. The predicted molar refractivity (Wildman–Crippen MR) is 41.8 cm³/mol. The van der Waals surface area contributed by atoms with Crippen LogP contribution in [0.4, 0.5) is 17.6 Å². The molecule has 0 amide bonds. The van der Waals surface area contributed by atoms with E-state index in [2.05, 4.69) is 0 Å². The van der Waals surface area contributed by atoms with E-state index in [0.717, 1.165) is 0 Å². The highest BCUT2D eigenvalue weighted by molar-refractivity contribution is 6.31. The molecule has 0 radical (unpaired) electrons. The minimum atomic E-state index is -4.76. The van der Waals surface area contributed by atoms with Crippen LogP contribution < -0.4 is 0 Å². The van der Waals surface area contributed by atoms with Crippen molar-refractivity contribution in [1.82, 2.24) is 0 Å². The van der Waals surface area contributed by atoms with Crippen LogP contribution in [0.5, 0.6) is 0 Å². The summed E-state index contributed by atoms with van der Waals surface area (Å²) >= 11 is 5.21. The van der Waals surface area contributed by atoms with Crippen molar-refractivity contribution < 1.29 is 22.4 Å². The summed E-state index contributed by atoms with van der Waals surface area (Å²) in [6.45, 7) is 0. The zero-order valence-electron chi connectivity index (χ0n) is 6.53. The second kappa shape index (κ2) is 3.57. The summed E-state index contributed by atoms with van der Waals surface area (Å²) in [5, 5.41) is -0.514. The Kier molecular flexibility index (Phi) is 2.80. The molecule has 0 N–H and O–H groups in total. The van der Waals surface area contributed by atoms with Crippen molar-refractivity contribution in [3.05, 3.63) is 34.1 Å². The molecule has 0 aliphatic rings. The lowest BCUT2D eigenvalue weighted by molar-refractivity contribution is -0.138. The van der Waals surface area contributed by atoms with Crippen LogP contribution in [-0.2, 0) is 6.18 Å². The third-order valence-corrected chi connectivity index (χ3v) is 1.81. The van der Waals surface area contributed by atoms with Crippen LogP contribution in [0.1, 0.15) is 15.9 Å². The zero-order chi connectivity index (χ0) is 10.9. The summed E-state index contributed by atoms with van der Waals surface area (Å²) in [4.78, 5) is 10.3. The Labute approximate surface area is 81.3 Å². The quantitative estimate of drug-likeness (QED) is 0.530. The minimum Gasteiger partial charge on any atom is -0.298 e. The smallest absolute Gasteiger partial charge is 0.298 e. The van der Waals surface area contributed by atoms with Crippen molar-refractivity contribution in [2.75, 3.05) is 0 Å². The van der Waals surface area contributed by atoms with E-state index in [1.807, 2.05) is 0 Å². The third-order valence-electron chi connectivity index (χ3n) is 1.52. The van der Waals surface area contributed by atoms with E-state index in [0.29, 0.717) is 6.07 Å². The molecule has 0 spiro atoms. The van der Waals surface area contributed by atoms with Crippen LogP contribution in [0, 0.1) is 5.82 Å². The molecule has 0 saturated carbocycles. The van der Waals surface area contributed by atoms with Gasteiger partial charge in [-0.3, -0.25) is 4.79 Å². The van der Waals surface area contributed by atoms with Crippen LogP contribution in [0.2, 0.25) is 5.02 Å². The maximum absolute atomic E-state index is 12.7. The van der Waals surface area contributed by atoms with Crippen LogP contribution in [0.15, 0.2) is 12.1 Å². The van der Waals surface area contributed by atoms with Gasteiger partial charge in [-0.25, -0.2) is 4.39 Å². The number of carbonyl (C=O) groups excluding carboxylic acids is 1. The molecule has 0 atom stereocenters. The summed E-state index contributed by atoms with van der Waals surface area (Å²) in [5.41, 5.74) is -2.00. The Balaban J connectivity index is 3.42. The van der Waals surface area contributed by atoms with Gasteiger partial charge >= 0.3 is 6.18 Å². The van der Waals surface area contributed by atoms with E-state index >= 15 is 0 Å². The molecule has 0 fully saturated rings. The summed E-state index contributed by atoms with van der Waals surface area (Å²) in [6, 6.07) is 0.846. The molecule has 1 nitrogen and oxygen atoms in total. The first-order chi connectivity index (χ1) is 6.36. The lowest BCUT2D eigenvalue weighted by Crippen LogP contribution is -2.09. The normalized spacial score (nSPS) is 11.5. The number of hydrogen-bond donors (Lipinski definition) is 0. The standard InChI is InChI=1S/C8H3ClF4O/c9-6-1-4(3-14)5(2-7(6)10)8(11,12)13/h1-3H. The minimum absolute atomic E-state index is 0.0197. The number of halogens is 5. The Bertz CT molecular complexity index is 372. The molecule has 1 aromatic rings. The number of benzene rings is 1. The molecular formula is C8H3ClF4O. The van der Waals surface area contributed by atoms with Gasteiger partial charge in [-0.05, 0) is 12.1 Å². The van der Waals surface area contributed by atoms with E-state index < -0.39 is 28.1 Å². The second-order valence-corrected chi connectivity index (χ2v) is 2.88. The Morgan fingerprint density at radius 3 is 2.29 bits per heavy atom. The molecule has 0 heterocycles. The molecule has 0 aliphatic heterocycles. The summed E-state index contributed by atoms with van der Waals surface area (Å²) in [6.07, 6.45) is -4.78. The monoisotopic (exact) mass is 226 g/mol. The summed E-state index contributed by atoms with van der Waals surface area (Å²) in [7, 11) is 0. The van der Waals surface area contributed by atoms with E-state index in [1.54, 1.807) is 0 Å². The highest BCUT2D eigenvalue weighted by Crippen LogP contribution is 2.33. The van der Waals surface area contributed by atoms with Gasteiger partial charge in [0.1, 0.15) is 5.82 Å². The largest absolute Gasteiger partial charge is 0.417 e. The number of carbonyl (C=O) groups is 1. The van der Waals surface area contributed by atoms with Gasteiger partial charge in [0.2, 0.25) is 0 Å². The highest BCUT2D eigenvalue weighted by Gasteiger charge is 2.34. The molecule has 14 heavy (non-hydrogen) atoms. The first-order valence-corrected chi connectivity index (χ1v) is 3.75. The fourth-order valence-electron chi connectivity index (χ4n) is 0.905. The van der Waals surface area contributed by atoms with Gasteiger partial charge in [-0.1, -0.05) is 11.6 Å². The predicted octanol–water partition coefficient (Wildman–Crippen LogP) is 3.31. The van der Waals surface area contributed by atoms with Gasteiger partial charge < -0.3 is 0 Å². The maximum atomic E-state index is 12.7. The van der Waals surface area contributed by atoms with Crippen LogP contribution in [-0.4, -0.2) is 6.29 Å². The molecule has 76 valence electrons. The summed E-state index contributed by atoms with van der Waals surface area (Å²) < 4.78 is 49.2. The van der Waals surface area contributed by atoms with Gasteiger partial charge in [0.05, 0.1) is 10.6 Å².